The van der Waals surface area contributed by atoms with Crippen LogP contribution in [0.2, 0.25) is 0 Å². The van der Waals surface area contributed by atoms with Crippen molar-refractivity contribution in [2.75, 3.05) is 28.4 Å². The molecule has 0 bridgehead atoms. The number of esters is 2. The van der Waals surface area contributed by atoms with Crippen molar-refractivity contribution in [3.8, 4) is 17.6 Å². The minimum Gasteiger partial charge on any atom is -0.496 e. The van der Waals surface area contributed by atoms with E-state index in [0.717, 1.165) is 21.2 Å². The first-order chi connectivity index (χ1) is 17.0. The van der Waals surface area contributed by atoms with Gasteiger partial charge in [-0.25, -0.2) is 9.59 Å². The Bertz CT molecular complexity index is 1210. The molecule has 2 aromatic rings. The molecule has 7 nitrogen and oxygen atoms in total. The predicted octanol–water partition coefficient (Wildman–Crippen LogP) is 6.81. The number of carbonyl (C=O) groups excluding carboxylic acids is 2. The smallest absolute Gasteiger partial charge is 0.341 e. The number of methoxy groups -OCH3 is 4. The maximum Gasteiger partial charge on any atom is 0.341 e. The van der Waals surface area contributed by atoms with Crippen LogP contribution in [0.15, 0.2) is 16.6 Å². The van der Waals surface area contributed by atoms with Crippen LogP contribution in [0.25, 0.3) is 0 Å². The highest BCUT2D eigenvalue weighted by Gasteiger charge is 2.29. The summed E-state index contributed by atoms with van der Waals surface area (Å²) in [6, 6.07) is 5.89. The molecule has 8 heteroatoms. The molecular weight excluding hydrogens is 538 g/mol. The molecule has 0 saturated heterocycles. The molecule has 0 aromatic heterocycles. The molecule has 0 atom stereocenters. The molecule has 0 N–H and O–H groups in total. The van der Waals surface area contributed by atoms with E-state index in [4.69, 9.17) is 18.9 Å². The Morgan fingerprint density at radius 1 is 0.757 bits per heavy atom. The molecule has 0 saturated carbocycles. The second kappa shape index (κ2) is 12.5. The third kappa shape index (κ3) is 7.04. The molecular formula is C29H38BrNO6. The molecule has 0 aliphatic heterocycles. The molecule has 2 aromatic carbocycles. The highest BCUT2D eigenvalue weighted by Crippen LogP contribution is 2.40. The molecule has 0 fully saturated rings. The van der Waals surface area contributed by atoms with Crippen molar-refractivity contribution in [3.63, 3.8) is 0 Å². The Morgan fingerprint density at radius 3 is 1.46 bits per heavy atom. The van der Waals surface area contributed by atoms with Crippen molar-refractivity contribution in [1.29, 1.82) is 5.26 Å². The van der Waals surface area contributed by atoms with Crippen molar-refractivity contribution in [2.24, 2.45) is 0 Å². The zero-order chi connectivity index (χ0) is 28.9. The molecule has 0 amide bonds. The van der Waals surface area contributed by atoms with Crippen molar-refractivity contribution in [1.82, 2.24) is 0 Å². The second-order valence-corrected chi connectivity index (χ2v) is 11.4. The highest BCUT2D eigenvalue weighted by molar-refractivity contribution is 9.10. The number of hydrogen-bond acceptors (Lipinski definition) is 7. The summed E-state index contributed by atoms with van der Waals surface area (Å²) in [5, 5.41) is 9.21. The van der Waals surface area contributed by atoms with Crippen LogP contribution in [0.1, 0.15) is 90.1 Å². The van der Waals surface area contributed by atoms with Crippen molar-refractivity contribution in [2.45, 2.75) is 66.2 Å². The van der Waals surface area contributed by atoms with Gasteiger partial charge in [-0.15, -0.1) is 0 Å². The van der Waals surface area contributed by atoms with E-state index in [-0.39, 0.29) is 16.8 Å². The summed E-state index contributed by atoms with van der Waals surface area (Å²) < 4.78 is 21.4. The number of halogens is 1. The maximum atomic E-state index is 11.9. The lowest BCUT2D eigenvalue weighted by molar-refractivity contribution is 0.0586. The van der Waals surface area contributed by atoms with Gasteiger partial charge in [0, 0.05) is 15.6 Å². The molecule has 0 aliphatic rings. The summed E-state index contributed by atoms with van der Waals surface area (Å²) >= 11 is 3.49. The molecule has 0 heterocycles. The Kier molecular flexibility index (Phi) is 10.8. The minimum absolute atomic E-state index is 0.121. The van der Waals surface area contributed by atoms with E-state index in [9.17, 15) is 14.9 Å². The molecule has 0 radical (unpaired) electrons. The van der Waals surface area contributed by atoms with Crippen LogP contribution < -0.4 is 9.47 Å². The number of nitrogens with zero attached hydrogens (tertiary/aromatic N) is 1. The van der Waals surface area contributed by atoms with Crippen LogP contribution in [0.5, 0.6) is 11.5 Å². The topological polar surface area (TPSA) is 94.9 Å². The molecule has 0 spiro atoms. The van der Waals surface area contributed by atoms with Gasteiger partial charge in [0.25, 0.3) is 0 Å². The quantitative estimate of drug-likeness (QED) is 0.369. The first kappa shape index (κ1) is 32.0. The van der Waals surface area contributed by atoms with E-state index in [1.165, 1.54) is 21.3 Å². The Labute approximate surface area is 229 Å². The largest absolute Gasteiger partial charge is 0.496 e. The average molecular weight is 577 g/mol. The number of rotatable bonds is 4. The fraction of sp³-hybridized carbons (Fsp3) is 0.483. The molecule has 202 valence electrons. The summed E-state index contributed by atoms with van der Waals surface area (Å²) in [5.41, 5.74) is 4.11. The SMILES string of the molecule is COC(=O)c1c(C)c(Br)cc(C(C)(C)C)c1OC.COC(=O)c1c(C)c(C#N)cc(C(C)(C)C)c1OC. The predicted molar refractivity (Wildman–Crippen MR) is 148 cm³/mol. The van der Waals surface area contributed by atoms with Gasteiger partial charge >= 0.3 is 11.9 Å². The number of ether oxygens (including phenoxy) is 4. The summed E-state index contributed by atoms with van der Waals surface area (Å²) in [6.45, 7) is 15.8. The van der Waals surface area contributed by atoms with E-state index in [2.05, 4.69) is 42.8 Å². The average Bonchev–Trinajstić information content (AvgIpc) is 2.82. The highest BCUT2D eigenvalue weighted by atomic mass is 79.9. The Hall–Kier alpha value is -3.05. The van der Waals surface area contributed by atoms with Crippen molar-refractivity contribution >= 4 is 27.9 Å². The number of benzene rings is 2. The van der Waals surface area contributed by atoms with Gasteiger partial charge in [-0.2, -0.15) is 5.26 Å². The van der Waals surface area contributed by atoms with E-state index < -0.39 is 5.97 Å². The lowest BCUT2D eigenvalue weighted by Gasteiger charge is -2.25. The zero-order valence-electron chi connectivity index (χ0n) is 23.9. The molecule has 37 heavy (non-hydrogen) atoms. The first-order valence-corrected chi connectivity index (χ1v) is 12.5. The van der Waals surface area contributed by atoms with Crippen LogP contribution in [0, 0.1) is 25.2 Å². The number of carbonyl (C=O) groups is 2. The molecule has 2 rings (SSSR count). The third-order valence-electron chi connectivity index (χ3n) is 5.94. The summed E-state index contributed by atoms with van der Waals surface area (Å²) in [4.78, 5) is 23.9. The van der Waals surface area contributed by atoms with Crippen LogP contribution >= 0.6 is 15.9 Å². The van der Waals surface area contributed by atoms with Gasteiger partial charge in [-0.3, -0.25) is 0 Å². The number of hydrogen-bond donors (Lipinski definition) is 0. The normalized spacial score (nSPS) is 11.0. The summed E-state index contributed by atoms with van der Waals surface area (Å²) in [6.07, 6.45) is 0. The summed E-state index contributed by atoms with van der Waals surface area (Å²) in [5.74, 6) is 0.207. The van der Waals surface area contributed by atoms with Gasteiger partial charge in [-0.1, -0.05) is 57.5 Å². The number of nitriles is 1. The minimum atomic E-state index is -0.489. The van der Waals surface area contributed by atoms with Crippen LogP contribution in [0.3, 0.4) is 0 Å². The van der Waals surface area contributed by atoms with E-state index in [0.29, 0.717) is 33.8 Å². The van der Waals surface area contributed by atoms with Crippen molar-refractivity contribution < 1.29 is 28.5 Å². The van der Waals surface area contributed by atoms with Gasteiger partial charge in [0.2, 0.25) is 0 Å². The van der Waals surface area contributed by atoms with Gasteiger partial charge in [-0.05, 0) is 47.9 Å². The van der Waals surface area contributed by atoms with Gasteiger partial charge < -0.3 is 18.9 Å². The van der Waals surface area contributed by atoms with Gasteiger partial charge in [0.1, 0.15) is 22.6 Å². The molecule has 0 aliphatic carbocycles. The van der Waals surface area contributed by atoms with E-state index >= 15 is 0 Å². The van der Waals surface area contributed by atoms with Gasteiger partial charge in [0.05, 0.1) is 40.1 Å². The van der Waals surface area contributed by atoms with Crippen LogP contribution in [-0.2, 0) is 20.3 Å². The lowest BCUT2D eigenvalue weighted by atomic mass is 9.82. The lowest BCUT2D eigenvalue weighted by Crippen LogP contribution is -2.18. The van der Waals surface area contributed by atoms with Gasteiger partial charge in [0.15, 0.2) is 0 Å². The van der Waals surface area contributed by atoms with E-state index in [1.54, 1.807) is 20.1 Å². The Balaban J connectivity index is 0.000000371. The van der Waals surface area contributed by atoms with Crippen LogP contribution in [0.4, 0.5) is 0 Å². The fourth-order valence-electron chi connectivity index (χ4n) is 3.83. The zero-order valence-corrected chi connectivity index (χ0v) is 25.5. The first-order valence-electron chi connectivity index (χ1n) is 11.7. The van der Waals surface area contributed by atoms with E-state index in [1.807, 2.05) is 33.8 Å². The monoisotopic (exact) mass is 575 g/mol. The third-order valence-corrected chi connectivity index (χ3v) is 6.76. The second-order valence-electron chi connectivity index (χ2n) is 10.5. The van der Waals surface area contributed by atoms with Crippen molar-refractivity contribution in [3.05, 3.63) is 55.5 Å². The standard InChI is InChI=1S/C15H19NO3.C14H19BrO3/c1-9-10(8-16)7-11(15(2,3)4)13(18-5)12(9)14(17)19-6;1-8-10(15)7-9(14(2,3)4)12(17-5)11(8)13(16)18-6/h7H,1-6H3;7H,1-6H3. The summed E-state index contributed by atoms with van der Waals surface area (Å²) in [7, 11) is 5.78. The van der Waals surface area contributed by atoms with Crippen LogP contribution in [-0.4, -0.2) is 40.4 Å². The maximum absolute atomic E-state index is 11.9. The Morgan fingerprint density at radius 2 is 1.14 bits per heavy atom. The molecule has 0 unspecified atom stereocenters. The fourth-order valence-corrected chi connectivity index (χ4v) is 4.26.